The summed E-state index contributed by atoms with van der Waals surface area (Å²) in [5.41, 5.74) is 10.7. The van der Waals surface area contributed by atoms with Crippen molar-refractivity contribution in [2.24, 2.45) is 0 Å². The Bertz CT molecular complexity index is 1710. The van der Waals surface area contributed by atoms with Gasteiger partial charge in [0.25, 0.3) is 0 Å². The fourth-order valence-electron chi connectivity index (χ4n) is 6.93. The van der Waals surface area contributed by atoms with Gasteiger partial charge in [0, 0.05) is 47.1 Å². The average molecular weight is 769 g/mol. The Balaban J connectivity index is 0.000000162. The first-order chi connectivity index (χ1) is 23.4. The quantitative estimate of drug-likeness (QED) is 0.130. The fraction of sp³-hybridized carbons (Fsp3) is 0.286. The van der Waals surface area contributed by atoms with E-state index in [2.05, 4.69) is 146 Å². The van der Waals surface area contributed by atoms with Gasteiger partial charge >= 0.3 is 37.9 Å². The molecule has 0 unspecified atom stereocenters. The third-order valence-corrected chi connectivity index (χ3v) is 9.09. The average Bonchev–Trinajstić information content (AvgIpc) is 3.93. The molecule has 6 heteroatoms. The van der Waals surface area contributed by atoms with E-state index in [-0.39, 0.29) is 0 Å². The second-order valence-electron chi connectivity index (χ2n) is 12.7. The number of fused-ring (bicyclic) bond motifs is 2. The van der Waals surface area contributed by atoms with Crippen LogP contribution < -0.4 is 9.80 Å². The van der Waals surface area contributed by atoms with E-state index < -0.39 is 20.8 Å². The molecule has 2 heterocycles. The van der Waals surface area contributed by atoms with Crippen LogP contribution in [0.25, 0.3) is 43.8 Å². The minimum atomic E-state index is -0.826. The van der Waals surface area contributed by atoms with Crippen LogP contribution in [0.4, 0.5) is 11.4 Å². The van der Waals surface area contributed by atoms with Crippen molar-refractivity contribution >= 4 is 59.5 Å². The molecule has 2 nitrogen and oxygen atoms in total. The van der Waals surface area contributed by atoms with Gasteiger partial charge in [-0.2, -0.15) is 12.1 Å². The minimum absolute atomic E-state index is 0.826. The molecule has 0 saturated carbocycles. The maximum atomic E-state index is 4.93. The molecule has 2 aliphatic rings. The van der Waals surface area contributed by atoms with E-state index in [1.54, 1.807) is 0 Å². The van der Waals surface area contributed by atoms with Crippen molar-refractivity contribution in [2.75, 3.05) is 36.0 Å². The normalized spacial score (nSPS) is 13.7. The van der Waals surface area contributed by atoms with Gasteiger partial charge in [-0.25, -0.2) is 0 Å². The predicted molar refractivity (Wildman–Crippen MR) is 212 cm³/mol. The molecular formula is C42H46Cl2N2SiZr. The van der Waals surface area contributed by atoms with Crippen molar-refractivity contribution in [2.45, 2.75) is 52.6 Å². The van der Waals surface area contributed by atoms with Crippen molar-refractivity contribution < 1.29 is 20.8 Å². The van der Waals surface area contributed by atoms with Crippen LogP contribution in [-0.4, -0.2) is 35.7 Å². The summed E-state index contributed by atoms with van der Waals surface area (Å²) in [7, 11) is 11.0. The summed E-state index contributed by atoms with van der Waals surface area (Å²) in [5, 5.41) is 5.41. The number of benzene rings is 4. The number of nitrogens with zero attached hydrogens (tertiary/aromatic N) is 2. The molecule has 48 heavy (non-hydrogen) atoms. The maximum absolute atomic E-state index is 4.93. The van der Waals surface area contributed by atoms with Crippen LogP contribution >= 0.6 is 17.0 Å². The molecule has 0 N–H and O–H groups in total. The van der Waals surface area contributed by atoms with E-state index in [0.717, 1.165) is 9.52 Å². The van der Waals surface area contributed by atoms with Gasteiger partial charge in [-0.1, -0.05) is 74.5 Å². The van der Waals surface area contributed by atoms with E-state index in [0.29, 0.717) is 0 Å². The van der Waals surface area contributed by atoms with Crippen LogP contribution in [0, 0.1) is 13.8 Å². The first kappa shape index (κ1) is 36.7. The molecule has 0 amide bonds. The van der Waals surface area contributed by atoms with Crippen LogP contribution in [0.5, 0.6) is 0 Å². The standard InChI is InChI=1S/2C20H20N.C2H6Si.2ClH.Zr/c2*1-15-13-17-5-4-6-19(20(17)14-15)16-7-9-18(10-8-16)21-11-2-3-12-21;1-3-2;;;/h2*4-10,13-14H,2-3,11-12H2,1H3;1-2H3;2*1H;/q2*-1;;;;+4/p-2. The molecule has 0 aliphatic carbocycles. The molecule has 0 spiro atoms. The predicted octanol–water partition coefficient (Wildman–Crippen LogP) is 12.4. The zero-order valence-electron chi connectivity index (χ0n) is 28.7. The first-order valence-corrected chi connectivity index (χ1v) is 25.4. The van der Waals surface area contributed by atoms with Gasteiger partial charge in [-0.3, -0.25) is 0 Å². The summed E-state index contributed by atoms with van der Waals surface area (Å²) >= 11 is -0.826. The molecule has 0 atom stereocenters. The summed E-state index contributed by atoms with van der Waals surface area (Å²) in [6.07, 6.45) is 5.31. The zero-order chi connectivity index (χ0) is 33.9. The third-order valence-electron chi connectivity index (χ3n) is 9.09. The molecule has 2 saturated heterocycles. The number of hydrogen-bond acceptors (Lipinski definition) is 2. The fourth-order valence-corrected chi connectivity index (χ4v) is 6.93. The Kier molecular flexibility index (Phi) is 14.0. The number of aryl methyl sites for hydroxylation is 2. The molecule has 0 aromatic heterocycles. The van der Waals surface area contributed by atoms with Gasteiger partial charge in [0.15, 0.2) is 0 Å². The van der Waals surface area contributed by atoms with E-state index in [9.17, 15) is 0 Å². The molecule has 6 aromatic rings. The molecule has 2 radical (unpaired) electrons. The van der Waals surface area contributed by atoms with E-state index in [4.69, 9.17) is 17.0 Å². The molecule has 2 fully saturated rings. The third kappa shape index (κ3) is 9.33. The van der Waals surface area contributed by atoms with Crippen molar-refractivity contribution in [1.29, 1.82) is 0 Å². The second-order valence-corrected chi connectivity index (χ2v) is 17.5. The summed E-state index contributed by atoms with van der Waals surface area (Å²) in [6.45, 7) is 13.5. The van der Waals surface area contributed by atoms with E-state index in [1.165, 1.54) is 118 Å². The SMILES string of the molecule is C[Si]C.Cc1cc2c(-c3ccc(N4CCCC4)cc3)cccc2[cH-]1.Cc1cc2c(-c3ccc(N4CCCC4)cc3)cccc2[cH-]1.[Cl][Zr+2][Cl]. The topological polar surface area (TPSA) is 6.48 Å². The number of anilines is 2. The summed E-state index contributed by atoms with van der Waals surface area (Å²) in [5.74, 6) is 0. The van der Waals surface area contributed by atoms with Crippen LogP contribution in [-0.2, 0) is 20.8 Å². The Morgan fingerprint density at radius 1 is 0.562 bits per heavy atom. The summed E-state index contributed by atoms with van der Waals surface area (Å²) in [6, 6.07) is 40.4. The van der Waals surface area contributed by atoms with Gasteiger partial charge in [-0.15, -0.1) is 69.1 Å². The van der Waals surface area contributed by atoms with Crippen molar-refractivity contribution in [3.8, 4) is 22.3 Å². The van der Waals surface area contributed by atoms with Crippen LogP contribution in [0.1, 0.15) is 36.8 Å². The summed E-state index contributed by atoms with van der Waals surface area (Å²) in [4.78, 5) is 4.97. The van der Waals surface area contributed by atoms with Gasteiger partial charge in [0.05, 0.1) is 0 Å². The van der Waals surface area contributed by atoms with Crippen LogP contribution in [0.2, 0.25) is 13.1 Å². The van der Waals surface area contributed by atoms with E-state index in [1.807, 2.05) is 0 Å². The van der Waals surface area contributed by atoms with Crippen molar-refractivity contribution in [1.82, 2.24) is 0 Å². The molecule has 8 rings (SSSR count). The van der Waals surface area contributed by atoms with Crippen LogP contribution in [0.3, 0.4) is 0 Å². The zero-order valence-corrected chi connectivity index (χ0v) is 33.7. The van der Waals surface area contributed by atoms with Gasteiger partial charge in [0.1, 0.15) is 0 Å². The van der Waals surface area contributed by atoms with Crippen LogP contribution in [0.15, 0.2) is 109 Å². The van der Waals surface area contributed by atoms with Crippen molar-refractivity contribution in [3.63, 3.8) is 0 Å². The number of halogens is 2. The molecule has 0 bridgehead atoms. The number of rotatable bonds is 4. The van der Waals surface area contributed by atoms with Gasteiger partial charge in [0.2, 0.25) is 0 Å². The Hall–Kier alpha value is -2.62. The number of hydrogen-bond donors (Lipinski definition) is 0. The Labute approximate surface area is 309 Å². The second kappa shape index (κ2) is 18.4. The van der Waals surface area contributed by atoms with Crippen molar-refractivity contribution in [3.05, 3.63) is 120 Å². The molecule has 246 valence electrons. The van der Waals surface area contributed by atoms with Gasteiger partial charge < -0.3 is 9.80 Å². The van der Waals surface area contributed by atoms with Gasteiger partial charge in [-0.05, 0) is 61.1 Å². The molecular weight excluding hydrogens is 723 g/mol. The first-order valence-electron chi connectivity index (χ1n) is 17.0. The molecule has 2 aliphatic heterocycles. The summed E-state index contributed by atoms with van der Waals surface area (Å²) < 4.78 is 0. The Morgan fingerprint density at radius 3 is 1.23 bits per heavy atom. The molecule has 6 aromatic carbocycles. The van der Waals surface area contributed by atoms with E-state index >= 15 is 0 Å². The monoisotopic (exact) mass is 766 g/mol. The Morgan fingerprint density at radius 2 is 0.896 bits per heavy atom.